The van der Waals surface area contributed by atoms with Crippen LogP contribution in [0.15, 0.2) is 42.5 Å². The van der Waals surface area contributed by atoms with Crippen LogP contribution in [0.1, 0.15) is 42.1 Å². The molecule has 0 spiro atoms. The summed E-state index contributed by atoms with van der Waals surface area (Å²) in [5.74, 6) is -0.442. The molecule has 0 fully saturated rings. The van der Waals surface area contributed by atoms with Crippen LogP contribution in [-0.4, -0.2) is 11.1 Å². The van der Waals surface area contributed by atoms with Crippen molar-refractivity contribution < 1.29 is 9.90 Å². The van der Waals surface area contributed by atoms with Gasteiger partial charge in [0.2, 0.25) is 0 Å². The Morgan fingerprint density at radius 1 is 1.15 bits per heavy atom. The highest BCUT2D eigenvalue weighted by molar-refractivity contribution is 6.31. The Labute approximate surface area is 124 Å². The fraction of sp³-hybridized carbons (Fsp3) is 0.235. The topological polar surface area (TPSA) is 37.3 Å². The Morgan fingerprint density at radius 3 is 2.35 bits per heavy atom. The Kier molecular flexibility index (Phi) is 4.46. The fourth-order valence-corrected chi connectivity index (χ4v) is 2.35. The van der Waals surface area contributed by atoms with E-state index in [1.165, 1.54) is 11.6 Å². The van der Waals surface area contributed by atoms with Crippen LogP contribution in [0.4, 0.5) is 0 Å². The van der Waals surface area contributed by atoms with Crippen molar-refractivity contribution in [1.29, 1.82) is 0 Å². The van der Waals surface area contributed by atoms with Crippen molar-refractivity contribution in [3.05, 3.63) is 58.6 Å². The van der Waals surface area contributed by atoms with Gasteiger partial charge in [0.25, 0.3) is 0 Å². The van der Waals surface area contributed by atoms with E-state index in [-0.39, 0.29) is 5.56 Å². The molecule has 0 saturated carbocycles. The van der Waals surface area contributed by atoms with Gasteiger partial charge in [-0.05, 0) is 47.2 Å². The summed E-state index contributed by atoms with van der Waals surface area (Å²) in [6.45, 7) is 4.35. The summed E-state index contributed by atoms with van der Waals surface area (Å²) in [4.78, 5) is 11.1. The lowest BCUT2D eigenvalue weighted by atomic mass is 9.95. The molecule has 0 amide bonds. The fourth-order valence-electron chi connectivity index (χ4n) is 2.12. The molecule has 0 radical (unpaired) electrons. The van der Waals surface area contributed by atoms with Crippen molar-refractivity contribution in [3.8, 4) is 11.1 Å². The lowest BCUT2D eigenvalue weighted by Gasteiger charge is -2.10. The van der Waals surface area contributed by atoms with E-state index < -0.39 is 5.97 Å². The average molecular weight is 289 g/mol. The van der Waals surface area contributed by atoms with Crippen LogP contribution in [0.2, 0.25) is 5.02 Å². The molecule has 0 heterocycles. The molecule has 2 rings (SSSR count). The summed E-state index contributed by atoms with van der Waals surface area (Å²) in [5, 5.41) is 9.51. The monoisotopic (exact) mass is 288 g/mol. The van der Waals surface area contributed by atoms with Gasteiger partial charge in [-0.1, -0.05) is 49.7 Å². The van der Waals surface area contributed by atoms with Gasteiger partial charge in [0.15, 0.2) is 0 Å². The number of carboxylic acid groups (broad SMARTS) is 1. The van der Waals surface area contributed by atoms with E-state index in [1.807, 2.05) is 12.1 Å². The lowest BCUT2D eigenvalue weighted by molar-refractivity contribution is 0.0697. The molecule has 0 aromatic heterocycles. The van der Waals surface area contributed by atoms with Crippen LogP contribution in [0.5, 0.6) is 0 Å². The van der Waals surface area contributed by atoms with Crippen molar-refractivity contribution in [1.82, 2.24) is 0 Å². The van der Waals surface area contributed by atoms with Crippen LogP contribution in [-0.2, 0) is 0 Å². The molecule has 0 aliphatic rings. The Hall–Kier alpha value is -1.80. The number of aromatic carboxylic acids is 1. The number of carbonyl (C=O) groups is 1. The van der Waals surface area contributed by atoms with Gasteiger partial charge < -0.3 is 5.11 Å². The van der Waals surface area contributed by atoms with Gasteiger partial charge in [-0.3, -0.25) is 0 Å². The molecule has 20 heavy (non-hydrogen) atoms. The summed E-state index contributed by atoms with van der Waals surface area (Å²) in [6, 6.07) is 13.1. The number of halogens is 1. The van der Waals surface area contributed by atoms with Gasteiger partial charge in [0.05, 0.1) is 5.56 Å². The van der Waals surface area contributed by atoms with E-state index in [0.29, 0.717) is 10.9 Å². The zero-order valence-corrected chi connectivity index (χ0v) is 12.3. The van der Waals surface area contributed by atoms with Crippen LogP contribution >= 0.6 is 11.6 Å². The summed E-state index contributed by atoms with van der Waals surface area (Å²) < 4.78 is 0. The van der Waals surface area contributed by atoms with Crippen LogP contribution in [0, 0.1) is 0 Å². The molecule has 0 bridgehead atoms. The third-order valence-electron chi connectivity index (χ3n) is 3.57. The minimum atomic E-state index is -0.968. The van der Waals surface area contributed by atoms with Gasteiger partial charge in [-0.25, -0.2) is 4.79 Å². The highest BCUT2D eigenvalue weighted by Crippen LogP contribution is 2.27. The standard InChI is InChI=1S/C17H17ClO2/c1-3-11(2)12-4-6-13(7-5-12)14-8-15(17(19)20)10-16(18)9-14/h4-11H,3H2,1-2H3,(H,19,20). The van der Waals surface area contributed by atoms with Crippen molar-refractivity contribution in [2.45, 2.75) is 26.2 Å². The second-order valence-electron chi connectivity index (χ2n) is 4.97. The van der Waals surface area contributed by atoms with Gasteiger partial charge in [0.1, 0.15) is 0 Å². The SMILES string of the molecule is CCC(C)c1ccc(-c2cc(Cl)cc(C(=O)O)c2)cc1. The molecule has 1 unspecified atom stereocenters. The van der Waals surface area contributed by atoms with Gasteiger partial charge in [-0.15, -0.1) is 0 Å². The molecule has 104 valence electrons. The van der Waals surface area contributed by atoms with Crippen molar-refractivity contribution in [2.24, 2.45) is 0 Å². The summed E-state index contributed by atoms with van der Waals surface area (Å²) in [6.07, 6.45) is 1.10. The highest BCUT2D eigenvalue weighted by Gasteiger charge is 2.08. The molecular formula is C17H17ClO2. The van der Waals surface area contributed by atoms with Crippen LogP contribution in [0.25, 0.3) is 11.1 Å². The summed E-state index contributed by atoms with van der Waals surface area (Å²) in [7, 11) is 0. The zero-order valence-electron chi connectivity index (χ0n) is 11.6. The number of carboxylic acids is 1. The number of hydrogen-bond donors (Lipinski definition) is 1. The first-order chi connectivity index (χ1) is 9.51. The smallest absolute Gasteiger partial charge is 0.335 e. The van der Waals surface area contributed by atoms with E-state index in [9.17, 15) is 4.79 Å². The minimum absolute atomic E-state index is 0.207. The Balaban J connectivity index is 2.39. The minimum Gasteiger partial charge on any atom is -0.478 e. The van der Waals surface area contributed by atoms with Crippen LogP contribution < -0.4 is 0 Å². The third kappa shape index (κ3) is 3.20. The van der Waals surface area contributed by atoms with Crippen molar-refractivity contribution >= 4 is 17.6 Å². The number of benzene rings is 2. The molecule has 2 aromatic rings. The maximum atomic E-state index is 11.1. The van der Waals surface area contributed by atoms with E-state index in [0.717, 1.165) is 17.5 Å². The Bertz CT molecular complexity index is 617. The van der Waals surface area contributed by atoms with Gasteiger partial charge >= 0.3 is 5.97 Å². The van der Waals surface area contributed by atoms with Crippen molar-refractivity contribution in [2.75, 3.05) is 0 Å². The maximum absolute atomic E-state index is 11.1. The van der Waals surface area contributed by atoms with E-state index in [1.54, 1.807) is 12.1 Å². The molecule has 3 heteroatoms. The number of hydrogen-bond acceptors (Lipinski definition) is 1. The van der Waals surface area contributed by atoms with Crippen molar-refractivity contribution in [3.63, 3.8) is 0 Å². The van der Waals surface area contributed by atoms with Gasteiger partial charge in [-0.2, -0.15) is 0 Å². The highest BCUT2D eigenvalue weighted by atomic mass is 35.5. The van der Waals surface area contributed by atoms with E-state index in [4.69, 9.17) is 16.7 Å². The Morgan fingerprint density at radius 2 is 1.80 bits per heavy atom. The molecule has 0 aliphatic heterocycles. The zero-order chi connectivity index (χ0) is 14.7. The molecular weight excluding hydrogens is 272 g/mol. The first-order valence-electron chi connectivity index (χ1n) is 6.65. The largest absolute Gasteiger partial charge is 0.478 e. The molecule has 0 aliphatic carbocycles. The average Bonchev–Trinajstić information content (AvgIpc) is 2.46. The predicted octanol–water partition coefficient (Wildman–Crippen LogP) is 5.22. The molecule has 0 saturated heterocycles. The second kappa shape index (κ2) is 6.10. The molecule has 1 atom stereocenters. The first-order valence-corrected chi connectivity index (χ1v) is 7.03. The second-order valence-corrected chi connectivity index (χ2v) is 5.40. The maximum Gasteiger partial charge on any atom is 0.335 e. The van der Waals surface area contributed by atoms with Gasteiger partial charge in [0, 0.05) is 5.02 Å². The molecule has 1 N–H and O–H groups in total. The molecule has 2 nitrogen and oxygen atoms in total. The first kappa shape index (κ1) is 14.6. The summed E-state index contributed by atoms with van der Waals surface area (Å²) in [5.41, 5.74) is 3.29. The third-order valence-corrected chi connectivity index (χ3v) is 3.79. The van der Waals surface area contributed by atoms with E-state index in [2.05, 4.69) is 26.0 Å². The predicted molar refractivity (Wildman–Crippen MR) is 82.6 cm³/mol. The number of rotatable bonds is 4. The van der Waals surface area contributed by atoms with E-state index >= 15 is 0 Å². The lowest BCUT2D eigenvalue weighted by Crippen LogP contribution is -1.96. The quantitative estimate of drug-likeness (QED) is 0.837. The molecule has 2 aromatic carbocycles. The summed E-state index contributed by atoms with van der Waals surface area (Å²) >= 11 is 5.98. The normalized spacial score (nSPS) is 12.2. The van der Waals surface area contributed by atoms with Crippen LogP contribution in [0.3, 0.4) is 0 Å².